The Morgan fingerprint density at radius 2 is 1.80 bits per heavy atom. The van der Waals surface area contributed by atoms with Crippen LogP contribution in [0.1, 0.15) is 17.5 Å². The lowest BCUT2D eigenvalue weighted by molar-refractivity contribution is -0.116. The summed E-state index contributed by atoms with van der Waals surface area (Å²) in [5.74, 6) is -0.0875. The van der Waals surface area contributed by atoms with Crippen molar-refractivity contribution in [2.45, 2.75) is 12.8 Å². The first kappa shape index (κ1) is 22.7. The number of aryl methyl sites for hydroxylation is 1. The number of nitrogens with one attached hydrogen (secondary N) is 3. The van der Waals surface area contributed by atoms with E-state index in [1.165, 1.54) is 5.56 Å². The minimum Gasteiger partial charge on any atom is -0.385 e. The molecule has 1 heterocycles. The van der Waals surface area contributed by atoms with Gasteiger partial charge in [0.1, 0.15) is 6.07 Å². The van der Waals surface area contributed by atoms with Gasteiger partial charge in [-0.1, -0.05) is 42.5 Å². The minimum atomic E-state index is -0.0875. The molecule has 0 atom stereocenters. The maximum atomic E-state index is 12.0. The predicted molar refractivity (Wildman–Crippen MR) is 120 cm³/mol. The molecule has 3 aromatic rings. The summed E-state index contributed by atoms with van der Waals surface area (Å²) in [7, 11) is 3.62. The molecule has 0 bridgehead atoms. The fourth-order valence-electron chi connectivity index (χ4n) is 2.78. The number of hydrogen-bond donors (Lipinski definition) is 3. The zero-order valence-corrected chi connectivity index (χ0v) is 17.4. The van der Waals surface area contributed by atoms with Gasteiger partial charge >= 0.3 is 0 Å². The molecule has 3 N–H and O–H groups in total. The number of carbonyl (C=O) groups excluding carboxylic acids is 1. The molecule has 0 fully saturated rings. The molecule has 1 amide bonds. The molecular weight excluding hydrogens is 376 g/mol. The van der Waals surface area contributed by atoms with Crippen molar-refractivity contribution in [3.05, 3.63) is 78.1 Å². The van der Waals surface area contributed by atoms with Crippen LogP contribution in [0.3, 0.4) is 0 Å². The lowest BCUT2D eigenvalue weighted by Gasteiger charge is -2.12. The van der Waals surface area contributed by atoms with Gasteiger partial charge in [-0.15, -0.1) is 0 Å². The van der Waals surface area contributed by atoms with Crippen LogP contribution in [0.15, 0.2) is 67.0 Å². The second kappa shape index (κ2) is 12.8. The first-order valence-electron chi connectivity index (χ1n) is 9.83. The van der Waals surface area contributed by atoms with E-state index in [4.69, 9.17) is 5.26 Å². The number of carbonyl (C=O) groups is 1. The van der Waals surface area contributed by atoms with E-state index < -0.39 is 0 Å². The summed E-state index contributed by atoms with van der Waals surface area (Å²) in [5, 5.41) is 22.2. The Kier molecular flexibility index (Phi) is 9.63. The first-order chi connectivity index (χ1) is 14.6. The van der Waals surface area contributed by atoms with Gasteiger partial charge in [0.2, 0.25) is 5.91 Å². The summed E-state index contributed by atoms with van der Waals surface area (Å²) < 4.78 is 1.78. The number of nitrogens with zero attached hydrogens (tertiary/aromatic N) is 3. The summed E-state index contributed by atoms with van der Waals surface area (Å²) in [6.07, 6.45) is 5.07. The molecule has 0 aliphatic heterocycles. The number of benzene rings is 2. The Hall–Kier alpha value is -3.63. The van der Waals surface area contributed by atoms with Crippen molar-refractivity contribution in [3.63, 3.8) is 0 Å². The maximum absolute atomic E-state index is 12.0. The lowest BCUT2D eigenvalue weighted by atomic mass is 10.1. The number of para-hydroxylation sites is 1. The third kappa shape index (κ3) is 7.78. The Balaban J connectivity index is 0.000000456. The van der Waals surface area contributed by atoms with Crippen LogP contribution in [0.4, 0.5) is 11.4 Å². The van der Waals surface area contributed by atoms with Crippen molar-refractivity contribution in [3.8, 4) is 6.07 Å². The molecule has 7 heteroatoms. The van der Waals surface area contributed by atoms with Crippen LogP contribution in [-0.4, -0.2) is 35.8 Å². The topological polar surface area (TPSA) is 94.8 Å². The Labute approximate surface area is 177 Å². The van der Waals surface area contributed by atoms with E-state index in [0.717, 1.165) is 13.0 Å². The van der Waals surface area contributed by atoms with E-state index in [1.807, 2.05) is 55.8 Å². The molecule has 0 saturated carbocycles. The fraction of sp³-hybridized carbons (Fsp3) is 0.261. The number of aromatic nitrogens is 2. The van der Waals surface area contributed by atoms with Crippen molar-refractivity contribution in [1.82, 2.24) is 15.1 Å². The van der Waals surface area contributed by atoms with E-state index in [9.17, 15) is 4.79 Å². The third-order valence-corrected chi connectivity index (χ3v) is 4.25. The third-order valence-electron chi connectivity index (χ3n) is 4.25. The molecule has 3 rings (SSSR count). The van der Waals surface area contributed by atoms with E-state index in [-0.39, 0.29) is 5.91 Å². The highest BCUT2D eigenvalue weighted by molar-refractivity contribution is 5.95. The van der Waals surface area contributed by atoms with Crippen molar-refractivity contribution in [1.29, 1.82) is 5.26 Å². The zero-order chi connectivity index (χ0) is 21.6. The zero-order valence-electron chi connectivity index (χ0n) is 17.4. The van der Waals surface area contributed by atoms with Crippen LogP contribution in [0, 0.1) is 11.3 Å². The van der Waals surface area contributed by atoms with Crippen molar-refractivity contribution >= 4 is 17.3 Å². The van der Waals surface area contributed by atoms with Crippen molar-refractivity contribution in [2.75, 3.05) is 30.8 Å². The predicted octanol–water partition coefficient (Wildman–Crippen LogP) is 3.18. The normalized spacial score (nSPS) is 9.77. The van der Waals surface area contributed by atoms with Crippen LogP contribution >= 0.6 is 0 Å². The Bertz CT molecular complexity index is 919. The SMILES string of the molecule is CNc1c(C#N)cccc1NC(=O)CCNCCc1cnn(C)c1.c1ccccc1. The van der Waals surface area contributed by atoms with Crippen LogP contribution in [0.25, 0.3) is 0 Å². The molecule has 2 aromatic carbocycles. The number of anilines is 2. The quantitative estimate of drug-likeness (QED) is 0.501. The van der Waals surface area contributed by atoms with Gasteiger partial charge in [0.15, 0.2) is 0 Å². The largest absolute Gasteiger partial charge is 0.385 e. The Morgan fingerprint density at radius 3 is 2.37 bits per heavy atom. The second-order valence-corrected chi connectivity index (χ2v) is 6.57. The van der Waals surface area contributed by atoms with Gasteiger partial charge in [-0.25, -0.2) is 0 Å². The highest BCUT2D eigenvalue weighted by Crippen LogP contribution is 2.25. The van der Waals surface area contributed by atoms with E-state index in [0.29, 0.717) is 29.9 Å². The van der Waals surface area contributed by atoms with Gasteiger partial charge in [0, 0.05) is 33.3 Å². The van der Waals surface area contributed by atoms with Gasteiger partial charge in [-0.2, -0.15) is 10.4 Å². The minimum absolute atomic E-state index is 0.0875. The molecule has 0 radical (unpaired) electrons. The van der Waals surface area contributed by atoms with Crippen LogP contribution in [0.2, 0.25) is 0 Å². The molecule has 0 spiro atoms. The molecular formula is C23H28N6O. The molecule has 0 aliphatic carbocycles. The summed E-state index contributed by atoms with van der Waals surface area (Å²) in [6.45, 7) is 1.39. The monoisotopic (exact) mass is 404 g/mol. The summed E-state index contributed by atoms with van der Waals surface area (Å²) in [5.41, 5.74) is 2.93. The molecule has 0 aliphatic rings. The average Bonchev–Trinajstić information content (AvgIpc) is 3.20. The highest BCUT2D eigenvalue weighted by Gasteiger charge is 2.09. The van der Waals surface area contributed by atoms with Gasteiger partial charge in [-0.05, 0) is 30.7 Å². The van der Waals surface area contributed by atoms with Crippen LogP contribution in [-0.2, 0) is 18.3 Å². The molecule has 30 heavy (non-hydrogen) atoms. The molecule has 1 aromatic heterocycles. The second-order valence-electron chi connectivity index (χ2n) is 6.57. The number of amides is 1. The van der Waals surface area contributed by atoms with Crippen molar-refractivity contribution < 1.29 is 4.79 Å². The van der Waals surface area contributed by atoms with E-state index >= 15 is 0 Å². The summed E-state index contributed by atoms with van der Waals surface area (Å²) >= 11 is 0. The van der Waals surface area contributed by atoms with Gasteiger partial charge < -0.3 is 16.0 Å². The number of hydrogen-bond acceptors (Lipinski definition) is 5. The Morgan fingerprint density at radius 1 is 1.10 bits per heavy atom. The average molecular weight is 405 g/mol. The maximum Gasteiger partial charge on any atom is 0.225 e. The van der Waals surface area contributed by atoms with Gasteiger partial charge in [-0.3, -0.25) is 9.48 Å². The van der Waals surface area contributed by atoms with Gasteiger partial charge in [0.25, 0.3) is 0 Å². The standard InChI is InChI=1S/C17H22N6O.C6H6/c1-19-17-14(10-18)4-3-5-15(17)22-16(24)7-9-20-8-6-13-11-21-23(2)12-13;1-2-4-6-5-3-1/h3-5,11-12,19-20H,6-9H2,1-2H3,(H,22,24);1-6H. The smallest absolute Gasteiger partial charge is 0.225 e. The molecule has 156 valence electrons. The summed E-state index contributed by atoms with van der Waals surface area (Å²) in [6, 6.07) is 19.3. The summed E-state index contributed by atoms with van der Waals surface area (Å²) in [4.78, 5) is 12.0. The van der Waals surface area contributed by atoms with Crippen molar-refractivity contribution in [2.24, 2.45) is 7.05 Å². The lowest BCUT2D eigenvalue weighted by Crippen LogP contribution is -2.23. The van der Waals surface area contributed by atoms with E-state index in [1.54, 1.807) is 29.9 Å². The van der Waals surface area contributed by atoms with Crippen LogP contribution < -0.4 is 16.0 Å². The van der Waals surface area contributed by atoms with E-state index in [2.05, 4.69) is 27.1 Å². The molecule has 0 unspecified atom stereocenters. The highest BCUT2D eigenvalue weighted by atomic mass is 16.1. The van der Waals surface area contributed by atoms with Gasteiger partial charge in [0.05, 0.1) is 23.1 Å². The fourth-order valence-corrected chi connectivity index (χ4v) is 2.78. The number of nitriles is 1. The first-order valence-corrected chi connectivity index (χ1v) is 9.83. The molecule has 0 saturated heterocycles. The molecule has 7 nitrogen and oxygen atoms in total. The van der Waals surface area contributed by atoms with Crippen LogP contribution in [0.5, 0.6) is 0 Å². The number of rotatable bonds is 8.